The number of amides is 2. The van der Waals surface area contributed by atoms with Crippen molar-refractivity contribution in [3.63, 3.8) is 0 Å². The first-order valence-corrected chi connectivity index (χ1v) is 4.93. The number of anilines is 2. The van der Waals surface area contributed by atoms with Gasteiger partial charge in [0.2, 0.25) is 5.91 Å². The number of hydrogen-bond acceptors (Lipinski definition) is 5. The van der Waals surface area contributed by atoms with Gasteiger partial charge in [-0.2, -0.15) is 0 Å². The Morgan fingerprint density at radius 3 is 2.65 bits per heavy atom. The van der Waals surface area contributed by atoms with Gasteiger partial charge in [0, 0.05) is 14.1 Å². The van der Waals surface area contributed by atoms with Crippen LogP contribution in [0.5, 0.6) is 0 Å². The fourth-order valence-corrected chi connectivity index (χ4v) is 1.27. The first-order valence-electron chi connectivity index (χ1n) is 4.93. The molecule has 0 aromatic carbocycles. The minimum atomic E-state index is -0.639. The van der Waals surface area contributed by atoms with E-state index in [2.05, 4.69) is 10.3 Å². The van der Waals surface area contributed by atoms with Crippen LogP contribution in [0.1, 0.15) is 10.5 Å². The summed E-state index contributed by atoms with van der Waals surface area (Å²) in [4.78, 5) is 27.7. The summed E-state index contributed by atoms with van der Waals surface area (Å²) in [5.74, 6) is -0.470. The van der Waals surface area contributed by atoms with E-state index in [1.54, 1.807) is 11.9 Å². The lowest BCUT2D eigenvalue weighted by Crippen LogP contribution is -2.34. The van der Waals surface area contributed by atoms with Gasteiger partial charge in [-0.15, -0.1) is 0 Å². The molecular weight excluding hydrogens is 222 g/mol. The van der Waals surface area contributed by atoms with E-state index >= 15 is 0 Å². The van der Waals surface area contributed by atoms with Crippen molar-refractivity contribution < 1.29 is 9.59 Å². The number of carbonyl (C=O) groups excluding carboxylic acids is 2. The van der Waals surface area contributed by atoms with E-state index in [1.165, 1.54) is 19.2 Å². The van der Waals surface area contributed by atoms with Crippen molar-refractivity contribution in [3.05, 3.63) is 17.8 Å². The molecule has 0 saturated heterocycles. The maximum atomic E-state index is 11.2. The van der Waals surface area contributed by atoms with Gasteiger partial charge in [-0.05, 0) is 12.1 Å². The number of likely N-dealkylation sites (N-methyl/N-ethyl adjacent to an activating group) is 2. The Balaban J connectivity index is 2.99. The van der Waals surface area contributed by atoms with Gasteiger partial charge in [-0.25, -0.2) is 4.98 Å². The van der Waals surface area contributed by atoms with E-state index in [1.807, 2.05) is 0 Å². The molecule has 0 bridgehead atoms. The van der Waals surface area contributed by atoms with Crippen molar-refractivity contribution >= 4 is 23.3 Å². The number of rotatable bonds is 4. The molecular formula is C10H15N5O2. The van der Waals surface area contributed by atoms with Crippen molar-refractivity contribution in [2.75, 3.05) is 31.3 Å². The molecule has 17 heavy (non-hydrogen) atoms. The number of aromatic nitrogens is 1. The molecule has 1 aromatic rings. The summed E-state index contributed by atoms with van der Waals surface area (Å²) in [5.41, 5.74) is 11.3. The third kappa shape index (κ3) is 3.07. The Hall–Kier alpha value is -2.31. The average Bonchev–Trinajstić information content (AvgIpc) is 2.28. The smallest absolute Gasteiger partial charge is 0.267 e. The third-order valence-corrected chi connectivity index (χ3v) is 2.18. The molecule has 0 radical (unpaired) electrons. The summed E-state index contributed by atoms with van der Waals surface area (Å²) in [6.45, 7) is 0.0932. The van der Waals surface area contributed by atoms with Crippen LogP contribution in [0.4, 0.5) is 11.5 Å². The first-order chi connectivity index (χ1) is 7.95. The summed E-state index contributed by atoms with van der Waals surface area (Å²) in [6, 6.07) is 2.97. The molecule has 7 heteroatoms. The van der Waals surface area contributed by atoms with Crippen LogP contribution in [-0.4, -0.2) is 37.4 Å². The van der Waals surface area contributed by atoms with E-state index in [4.69, 9.17) is 11.5 Å². The van der Waals surface area contributed by atoms with Crippen molar-refractivity contribution in [1.29, 1.82) is 0 Å². The first kappa shape index (κ1) is 12.8. The second-order valence-electron chi connectivity index (χ2n) is 3.50. The molecule has 1 aromatic heterocycles. The average molecular weight is 237 g/mol. The number of nitrogens with zero attached hydrogens (tertiary/aromatic N) is 2. The van der Waals surface area contributed by atoms with Crippen molar-refractivity contribution in [2.45, 2.75) is 0 Å². The number of hydrogen-bond donors (Lipinski definition) is 3. The molecule has 0 atom stereocenters. The molecule has 92 valence electrons. The molecule has 5 N–H and O–H groups in total. The molecule has 0 aliphatic heterocycles. The highest BCUT2D eigenvalue weighted by Crippen LogP contribution is 2.19. The molecule has 7 nitrogen and oxygen atoms in total. The van der Waals surface area contributed by atoms with Gasteiger partial charge in [0.25, 0.3) is 5.91 Å². The summed E-state index contributed by atoms with van der Waals surface area (Å²) < 4.78 is 0. The monoisotopic (exact) mass is 237 g/mol. The minimum Gasteiger partial charge on any atom is -0.396 e. The second-order valence-corrected chi connectivity index (χ2v) is 3.50. The van der Waals surface area contributed by atoms with Crippen LogP contribution in [-0.2, 0) is 4.79 Å². The van der Waals surface area contributed by atoms with Crippen LogP contribution in [0.2, 0.25) is 0 Å². The van der Waals surface area contributed by atoms with Crippen LogP contribution >= 0.6 is 0 Å². The van der Waals surface area contributed by atoms with E-state index in [9.17, 15) is 9.59 Å². The molecule has 0 saturated carbocycles. The zero-order valence-electron chi connectivity index (χ0n) is 9.73. The molecule has 0 spiro atoms. The highest BCUT2D eigenvalue weighted by Gasteiger charge is 2.13. The molecule has 0 aliphatic carbocycles. The van der Waals surface area contributed by atoms with E-state index in [0.29, 0.717) is 11.5 Å². The Morgan fingerprint density at radius 2 is 2.12 bits per heavy atom. The summed E-state index contributed by atoms with van der Waals surface area (Å²) in [7, 11) is 3.19. The minimum absolute atomic E-state index is 0.0932. The van der Waals surface area contributed by atoms with Gasteiger partial charge < -0.3 is 21.7 Å². The number of carbonyl (C=O) groups is 2. The zero-order chi connectivity index (χ0) is 13.0. The van der Waals surface area contributed by atoms with Gasteiger partial charge in [0.1, 0.15) is 5.69 Å². The van der Waals surface area contributed by atoms with Crippen LogP contribution < -0.4 is 21.7 Å². The number of nitrogens with two attached hydrogens (primary N) is 2. The van der Waals surface area contributed by atoms with Crippen LogP contribution in [0.3, 0.4) is 0 Å². The molecule has 0 unspecified atom stereocenters. The topological polar surface area (TPSA) is 114 Å². The Bertz CT molecular complexity index is 446. The van der Waals surface area contributed by atoms with Crippen LogP contribution in [0.15, 0.2) is 12.1 Å². The second kappa shape index (κ2) is 5.15. The summed E-state index contributed by atoms with van der Waals surface area (Å²) in [6.07, 6.45) is 0. The zero-order valence-corrected chi connectivity index (χ0v) is 9.73. The number of nitrogens with one attached hydrogen (secondary N) is 1. The Labute approximate surface area is 98.8 Å². The summed E-state index contributed by atoms with van der Waals surface area (Å²) >= 11 is 0. The Kier molecular flexibility index (Phi) is 3.86. The van der Waals surface area contributed by atoms with Crippen molar-refractivity contribution in [3.8, 4) is 0 Å². The third-order valence-electron chi connectivity index (χ3n) is 2.18. The molecule has 1 heterocycles. The normalized spacial score (nSPS) is 9.76. The van der Waals surface area contributed by atoms with E-state index < -0.39 is 5.91 Å². The molecule has 0 fully saturated rings. The lowest BCUT2D eigenvalue weighted by atomic mass is 10.3. The molecule has 1 rings (SSSR count). The largest absolute Gasteiger partial charge is 0.396 e. The van der Waals surface area contributed by atoms with E-state index in [-0.39, 0.29) is 18.1 Å². The van der Waals surface area contributed by atoms with Crippen LogP contribution in [0.25, 0.3) is 0 Å². The maximum Gasteiger partial charge on any atom is 0.267 e. The van der Waals surface area contributed by atoms with Crippen LogP contribution in [0, 0.1) is 0 Å². The Morgan fingerprint density at radius 1 is 1.47 bits per heavy atom. The van der Waals surface area contributed by atoms with Gasteiger partial charge in [0.05, 0.1) is 12.2 Å². The molecule has 2 amide bonds. The summed E-state index contributed by atoms with van der Waals surface area (Å²) in [5, 5.41) is 2.48. The van der Waals surface area contributed by atoms with Gasteiger partial charge in [-0.1, -0.05) is 0 Å². The van der Waals surface area contributed by atoms with E-state index in [0.717, 1.165) is 0 Å². The standard InChI is InChI=1S/C10H15N5O2/c1-13-8(16)5-15(2)10-6(11)3-4-7(14-10)9(12)17/h3-4H,5,11H2,1-2H3,(H2,12,17)(H,13,16). The predicted molar refractivity (Wildman–Crippen MR) is 64.5 cm³/mol. The van der Waals surface area contributed by atoms with Crippen molar-refractivity contribution in [1.82, 2.24) is 10.3 Å². The maximum absolute atomic E-state index is 11.2. The number of primary amides is 1. The van der Waals surface area contributed by atoms with Gasteiger partial charge in [0.15, 0.2) is 5.82 Å². The molecule has 0 aliphatic rings. The van der Waals surface area contributed by atoms with Crippen molar-refractivity contribution in [2.24, 2.45) is 5.73 Å². The predicted octanol–water partition coefficient (Wildman–Crippen LogP) is -1.06. The SMILES string of the molecule is CNC(=O)CN(C)c1nc(C(N)=O)ccc1N. The lowest BCUT2D eigenvalue weighted by molar-refractivity contribution is -0.119. The highest BCUT2D eigenvalue weighted by molar-refractivity contribution is 5.92. The quantitative estimate of drug-likeness (QED) is 0.618. The fourth-order valence-electron chi connectivity index (χ4n) is 1.27. The van der Waals surface area contributed by atoms with Gasteiger partial charge in [-0.3, -0.25) is 9.59 Å². The fraction of sp³-hybridized carbons (Fsp3) is 0.300. The number of nitrogen functional groups attached to an aromatic ring is 1. The highest BCUT2D eigenvalue weighted by atomic mass is 16.2. The van der Waals surface area contributed by atoms with Gasteiger partial charge >= 0.3 is 0 Å². The lowest BCUT2D eigenvalue weighted by Gasteiger charge is -2.19. The number of pyridine rings is 1.